The smallest absolute Gasteiger partial charge is 0.206 e. The van der Waals surface area contributed by atoms with Gasteiger partial charge >= 0.3 is 0 Å². The van der Waals surface area contributed by atoms with Crippen LogP contribution in [0.4, 0.5) is 0 Å². The quantitative estimate of drug-likeness (QED) is 0.857. The first-order valence-electron chi connectivity index (χ1n) is 4.62. The molecule has 86 valence electrons. The summed E-state index contributed by atoms with van der Waals surface area (Å²) in [5.41, 5.74) is 0.962. The predicted octanol–water partition coefficient (Wildman–Crippen LogP) is 2.85. The number of nitrogens with zero attached hydrogens (tertiary/aromatic N) is 1. The second kappa shape index (κ2) is 4.95. The lowest BCUT2D eigenvalue weighted by Crippen LogP contribution is -2.26. The molecule has 0 atom stereocenters. The van der Waals surface area contributed by atoms with Crippen LogP contribution in [0.25, 0.3) is 0 Å². The van der Waals surface area contributed by atoms with E-state index in [1.807, 2.05) is 13.8 Å². The van der Waals surface area contributed by atoms with E-state index in [1.165, 1.54) is 15.6 Å². The fraction of sp³-hybridized carbons (Fsp3) is 0.556. The van der Waals surface area contributed by atoms with Crippen LogP contribution in [0.5, 0.6) is 0 Å². The van der Waals surface area contributed by atoms with Gasteiger partial charge < -0.3 is 0 Å². The summed E-state index contributed by atoms with van der Waals surface area (Å²) in [5.74, 6) is 0. The topological polar surface area (TPSA) is 37.4 Å². The third-order valence-corrected chi connectivity index (χ3v) is 6.48. The van der Waals surface area contributed by atoms with Crippen LogP contribution < -0.4 is 0 Å². The molecule has 0 aromatic carbocycles. The van der Waals surface area contributed by atoms with Gasteiger partial charge in [-0.1, -0.05) is 6.92 Å². The van der Waals surface area contributed by atoms with Crippen molar-refractivity contribution in [1.29, 1.82) is 0 Å². The molecule has 0 radical (unpaired) electrons. The van der Waals surface area contributed by atoms with Crippen molar-refractivity contribution in [3.05, 3.63) is 15.4 Å². The summed E-state index contributed by atoms with van der Waals surface area (Å²) < 4.78 is 26.7. The van der Waals surface area contributed by atoms with Crippen molar-refractivity contribution >= 4 is 37.3 Å². The van der Waals surface area contributed by atoms with Gasteiger partial charge in [-0.2, -0.15) is 0 Å². The summed E-state index contributed by atoms with van der Waals surface area (Å²) >= 11 is 4.59. The van der Waals surface area contributed by atoms with Gasteiger partial charge in [0, 0.05) is 13.6 Å². The predicted molar refractivity (Wildman–Crippen MR) is 66.9 cm³/mol. The van der Waals surface area contributed by atoms with E-state index in [0.717, 1.165) is 15.8 Å². The normalized spacial score (nSPS) is 12.3. The molecule has 1 rings (SSSR count). The molecule has 0 saturated heterocycles. The maximum Gasteiger partial charge on any atom is 0.252 e. The maximum atomic E-state index is 12.0. The van der Waals surface area contributed by atoms with Crippen LogP contribution in [0.15, 0.2) is 14.1 Å². The molecule has 1 aromatic heterocycles. The van der Waals surface area contributed by atoms with Gasteiger partial charge in [-0.3, -0.25) is 0 Å². The molecule has 0 bridgehead atoms. The van der Waals surface area contributed by atoms with E-state index >= 15 is 0 Å². The molecular formula is C9H14BrNO2S2. The number of halogens is 1. The van der Waals surface area contributed by atoms with Gasteiger partial charge in [-0.25, -0.2) is 12.7 Å². The summed E-state index contributed by atoms with van der Waals surface area (Å²) in [5, 5.41) is 0. The Kier molecular flexibility index (Phi) is 4.34. The Bertz CT molecular complexity index is 419. The summed E-state index contributed by atoms with van der Waals surface area (Å²) in [6, 6.07) is 1.70. The van der Waals surface area contributed by atoms with E-state index in [-0.39, 0.29) is 0 Å². The van der Waals surface area contributed by atoms with Gasteiger partial charge in [-0.05, 0) is 40.9 Å². The van der Waals surface area contributed by atoms with Crippen LogP contribution >= 0.6 is 27.3 Å². The lowest BCUT2D eigenvalue weighted by molar-refractivity contribution is 0.470. The molecule has 0 aliphatic heterocycles. The fourth-order valence-electron chi connectivity index (χ4n) is 1.15. The number of hydrogen-bond donors (Lipinski definition) is 0. The monoisotopic (exact) mass is 311 g/mol. The van der Waals surface area contributed by atoms with Gasteiger partial charge in [0.05, 0.1) is 3.79 Å². The number of aryl methyl sites for hydroxylation is 1. The first-order valence-corrected chi connectivity index (χ1v) is 7.66. The standard InChI is InChI=1S/C9H14BrNO2S2/c1-4-5-11(3)15(12,13)8-6-7(2)9(10)14-8/h6H,4-5H2,1-3H3. The van der Waals surface area contributed by atoms with Crippen molar-refractivity contribution in [2.75, 3.05) is 13.6 Å². The van der Waals surface area contributed by atoms with Gasteiger partial charge in [0.25, 0.3) is 10.0 Å². The summed E-state index contributed by atoms with van der Waals surface area (Å²) in [7, 11) is -1.67. The van der Waals surface area contributed by atoms with Gasteiger partial charge in [0.15, 0.2) is 0 Å². The van der Waals surface area contributed by atoms with E-state index < -0.39 is 10.0 Å². The van der Waals surface area contributed by atoms with Crippen LogP contribution in [0, 0.1) is 6.92 Å². The zero-order valence-corrected chi connectivity index (χ0v) is 12.2. The molecule has 0 aliphatic rings. The molecule has 0 amide bonds. The SMILES string of the molecule is CCCN(C)S(=O)(=O)c1cc(C)c(Br)s1. The molecule has 0 aliphatic carbocycles. The number of sulfonamides is 1. The van der Waals surface area contributed by atoms with Crippen molar-refractivity contribution in [2.24, 2.45) is 0 Å². The average molecular weight is 312 g/mol. The minimum Gasteiger partial charge on any atom is -0.206 e. The highest BCUT2D eigenvalue weighted by molar-refractivity contribution is 9.11. The third-order valence-electron chi connectivity index (χ3n) is 2.04. The molecule has 0 fully saturated rings. The van der Waals surface area contributed by atoms with E-state index in [1.54, 1.807) is 13.1 Å². The second-order valence-electron chi connectivity index (χ2n) is 3.35. The largest absolute Gasteiger partial charge is 0.252 e. The molecule has 1 aromatic rings. The van der Waals surface area contributed by atoms with E-state index in [9.17, 15) is 8.42 Å². The van der Waals surface area contributed by atoms with Gasteiger partial charge in [0.1, 0.15) is 4.21 Å². The molecule has 6 heteroatoms. The van der Waals surface area contributed by atoms with Crippen LogP contribution in [0.2, 0.25) is 0 Å². The second-order valence-corrected chi connectivity index (χ2v) is 7.99. The Morgan fingerprint density at radius 3 is 2.53 bits per heavy atom. The van der Waals surface area contributed by atoms with E-state index in [0.29, 0.717) is 10.8 Å². The Morgan fingerprint density at radius 2 is 2.13 bits per heavy atom. The van der Waals surface area contributed by atoms with Crippen molar-refractivity contribution in [3.8, 4) is 0 Å². The molecule has 15 heavy (non-hydrogen) atoms. The van der Waals surface area contributed by atoms with Crippen molar-refractivity contribution in [1.82, 2.24) is 4.31 Å². The zero-order chi connectivity index (χ0) is 11.6. The average Bonchev–Trinajstić information content (AvgIpc) is 2.48. The number of hydrogen-bond acceptors (Lipinski definition) is 3. The first kappa shape index (κ1) is 13.2. The molecule has 3 nitrogen and oxygen atoms in total. The summed E-state index contributed by atoms with van der Waals surface area (Å²) in [6.45, 7) is 4.40. The Morgan fingerprint density at radius 1 is 1.53 bits per heavy atom. The molecule has 0 spiro atoms. The fourth-order valence-corrected chi connectivity index (χ4v) is 4.85. The highest BCUT2D eigenvalue weighted by Gasteiger charge is 2.22. The highest BCUT2D eigenvalue weighted by Crippen LogP contribution is 2.31. The van der Waals surface area contributed by atoms with Gasteiger partial charge in [-0.15, -0.1) is 11.3 Å². The molecule has 0 N–H and O–H groups in total. The Labute approximate surface area is 103 Å². The highest BCUT2D eigenvalue weighted by atomic mass is 79.9. The third kappa shape index (κ3) is 2.81. The maximum absolute atomic E-state index is 12.0. The Hall–Kier alpha value is 0.0900. The molecular weight excluding hydrogens is 298 g/mol. The zero-order valence-electron chi connectivity index (χ0n) is 8.95. The lowest BCUT2D eigenvalue weighted by atomic mass is 10.4. The van der Waals surface area contributed by atoms with Crippen LogP contribution in [0.3, 0.4) is 0 Å². The number of rotatable bonds is 4. The van der Waals surface area contributed by atoms with Crippen LogP contribution in [-0.2, 0) is 10.0 Å². The number of thiophene rings is 1. The van der Waals surface area contributed by atoms with Crippen molar-refractivity contribution in [2.45, 2.75) is 24.5 Å². The van der Waals surface area contributed by atoms with E-state index in [2.05, 4.69) is 15.9 Å². The Balaban J connectivity index is 3.06. The van der Waals surface area contributed by atoms with Gasteiger partial charge in [0.2, 0.25) is 0 Å². The first-order chi connectivity index (χ1) is 6.89. The van der Waals surface area contributed by atoms with Crippen molar-refractivity contribution < 1.29 is 8.42 Å². The van der Waals surface area contributed by atoms with Crippen LogP contribution in [0.1, 0.15) is 18.9 Å². The lowest BCUT2D eigenvalue weighted by Gasteiger charge is -2.14. The molecule has 1 heterocycles. The minimum absolute atomic E-state index is 0.405. The van der Waals surface area contributed by atoms with Crippen molar-refractivity contribution in [3.63, 3.8) is 0 Å². The molecule has 0 saturated carbocycles. The van der Waals surface area contributed by atoms with Crippen LogP contribution in [-0.4, -0.2) is 26.3 Å². The minimum atomic E-state index is -3.28. The summed E-state index contributed by atoms with van der Waals surface area (Å²) in [6.07, 6.45) is 0.821. The summed E-state index contributed by atoms with van der Waals surface area (Å²) in [4.78, 5) is 0. The molecule has 0 unspecified atom stereocenters. The van der Waals surface area contributed by atoms with E-state index in [4.69, 9.17) is 0 Å².